The highest BCUT2D eigenvalue weighted by atomic mass is 32.1. The van der Waals surface area contributed by atoms with Gasteiger partial charge in [-0.2, -0.15) is 0 Å². The van der Waals surface area contributed by atoms with Gasteiger partial charge in [0.25, 0.3) is 0 Å². The zero-order valence-electron chi connectivity index (χ0n) is 14.7. The van der Waals surface area contributed by atoms with E-state index in [0.29, 0.717) is 5.54 Å². The first-order valence-electron chi connectivity index (χ1n) is 9.00. The average Bonchev–Trinajstić information content (AvgIpc) is 2.99. The van der Waals surface area contributed by atoms with Crippen molar-refractivity contribution in [2.24, 2.45) is 11.8 Å². The minimum Gasteiger partial charge on any atom is -0.367 e. The Morgan fingerprint density at radius 1 is 1.17 bits per heavy atom. The van der Waals surface area contributed by atoms with Crippen molar-refractivity contribution in [1.82, 2.24) is 0 Å². The van der Waals surface area contributed by atoms with Gasteiger partial charge in [-0.15, -0.1) is 22.7 Å². The fourth-order valence-corrected chi connectivity index (χ4v) is 8.11. The van der Waals surface area contributed by atoms with Crippen molar-refractivity contribution >= 4 is 22.7 Å². The Morgan fingerprint density at radius 3 is 2.29 bits per heavy atom. The third-order valence-corrected chi connectivity index (χ3v) is 9.55. The summed E-state index contributed by atoms with van der Waals surface area (Å²) in [5, 5.41) is 4.37. The van der Waals surface area contributed by atoms with E-state index >= 15 is 0 Å². The Kier molecular flexibility index (Phi) is 3.20. The Hall–Kier alpha value is -0.680. The van der Waals surface area contributed by atoms with E-state index in [1.165, 1.54) is 33.5 Å². The van der Waals surface area contributed by atoms with Crippen molar-refractivity contribution in [3.05, 3.63) is 44.8 Å². The van der Waals surface area contributed by atoms with Crippen LogP contribution >= 0.6 is 22.7 Å². The van der Waals surface area contributed by atoms with Crippen molar-refractivity contribution in [3.8, 4) is 0 Å². The van der Waals surface area contributed by atoms with Crippen LogP contribution in [0.2, 0.25) is 0 Å². The Morgan fingerprint density at radius 2 is 1.83 bits per heavy atom. The molecule has 2 saturated carbocycles. The van der Waals surface area contributed by atoms with E-state index in [1.54, 1.807) is 0 Å². The van der Waals surface area contributed by atoms with Crippen LogP contribution in [-0.2, 0) is 10.3 Å². The molecule has 2 saturated heterocycles. The number of rotatable bonds is 5. The monoisotopic (exact) mass is 360 g/mol. The molecule has 2 aromatic rings. The van der Waals surface area contributed by atoms with Gasteiger partial charge in [-0.25, -0.2) is 0 Å². The predicted octanol–water partition coefficient (Wildman–Crippen LogP) is 4.72. The van der Waals surface area contributed by atoms with Crippen LogP contribution in [0.5, 0.6) is 0 Å². The maximum atomic E-state index is 6.29. The summed E-state index contributed by atoms with van der Waals surface area (Å²) in [4.78, 5) is 2.73. The number of hydrogen-bond donors (Lipinski definition) is 0. The van der Waals surface area contributed by atoms with Crippen LogP contribution in [0.15, 0.2) is 35.0 Å². The molecule has 2 aliphatic carbocycles. The van der Waals surface area contributed by atoms with Crippen molar-refractivity contribution < 1.29 is 9.22 Å². The molecule has 0 aromatic carbocycles. The summed E-state index contributed by atoms with van der Waals surface area (Å²) in [6.07, 6.45) is 5.37. The Labute approximate surface area is 152 Å². The lowest BCUT2D eigenvalue weighted by atomic mass is 9.68. The van der Waals surface area contributed by atoms with E-state index in [0.717, 1.165) is 24.3 Å². The van der Waals surface area contributed by atoms with Gasteiger partial charge < -0.3 is 9.22 Å². The molecule has 3 unspecified atom stereocenters. The summed E-state index contributed by atoms with van der Waals surface area (Å²) in [6.45, 7) is 0. The molecule has 1 spiro atoms. The molecule has 2 bridgehead atoms. The van der Waals surface area contributed by atoms with Crippen molar-refractivity contribution in [2.75, 3.05) is 21.2 Å². The number of quaternary nitrogens is 1. The molecule has 0 N–H and O–H groups in total. The van der Waals surface area contributed by atoms with Crippen LogP contribution in [0.3, 0.4) is 0 Å². The highest BCUT2D eigenvalue weighted by Crippen LogP contribution is 2.73. The molecule has 4 aliphatic rings. The van der Waals surface area contributed by atoms with E-state index in [1.807, 2.05) is 29.8 Å². The zero-order chi connectivity index (χ0) is 16.6. The molecule has 2 nitrogen and oxygen atoms in total. The minimum atomic E-state index is -0.241. The van der Waals surface area contributed by atoms with E-state index in [9.17, 15) is 0 Å². The number of thiophene rings is 2. The number of fused-ring (bicyclic) bond motifs is 2. The summed E-state index contributed by atoms with van der Waals surface area (Å²) in [7, 11) is 6.83. The van der Waals surface area contributed by atoms with Gasteiger partial charge in [0.2, 0.25) is 0 Å². The van der Waals surface area contributed by atoms with Crippen LogP contribution in [0.1, 0.15) is 35.4 Å². The summed E-state index contributed by atoms with van der Waals surface area (Å²) in [6, 6.07) is 9.74. The fourth-order valence-electron chi connectivity index (χ4n) is 6.19. The zero-order valence-corrected chi connectivity index (χ0v) is 16.3. The molecule has 2 aliphatic heterocycles. The molecule has 128 valence electrons. The highest BCUT2D eigenvalue weighted by Gasteiger charge is 2.83. The third kappa shape index (κ3) is 1.78. The molecular formula is C20H26NOS2+. The summed E-state index contributed by atoms with van der Waals surface area (Å²) in [5.74, 6) is 1.81. The van der Waals surface area contributed by atoms with E-state index in [2.05, 4.69) is 49.1 Å². The van der Waals surface area contributed by atoms with Gasteiger partial charge in [0.15, 0.2) is 0 Å². The number of hydrogen-bond acceptors (Lipinski definition) is 3. The van der Waals surface area contributed by atoms with Gasteiger partial charge in [-0.1, -0.05) is 12.1 Å². The molecule has 0 amide bonds. The summed E-state index contributed by atoms with van der Waals surface area (Å²) >= 11 is 3.68. The molecule has 24 heavy (non-hydrogen) atoms. The molecule has 0 radical (unpaired) electrons. The lowest BCUT2D eigenvalue weighted by Crippen LogP contribution is -2.72. The van der Waals surface area contributed by atoms with E-state index in [4.69, 9.17) is 4.74 Å². The molecule has 4 atom stereocenters. The molecule has 4 heterocycles. The lowest BCUT2D eigenvalue weighted by Gasteiger charge is -2.59. The van der Waals surface area contributed by atoms with E-state index in [-0.39, 0.29) is 5.60 Å². The quantitative estimate of drug-likeness (QED) is 0.701. The van der Waals surface area contributed by atoms with Gasteiger partial charge in [0, 0.05) is 36.1 Å². The first kappa shape index (κ1) is 15.6. The maximum Gasteiger partial charge on any atom is 0.136 e. The molecule has 6 rings (SSSR count). The first-order valence-corrected chi connectivity index (χ1v) is 10.8. The summed E-state index contributed by atoms with van der Waals surface area (Å²) in [5.41, 5.74) is 0.382. The second kappa shape index (κ2) is 4.94. The van der Waals surface area contributed by atoms with Crippen LogP contribution in [0, 0.1) is 11.8 Å². The van der Waals surface area contributed by atoms with Crippen LogP contribution in [-0.4, -0.2) is 37.3 Å². The number of piperidine rings is 1. The second-order valence-corrected chi connectivity index (χ2v) is 10.4. The van der Waals surface area contributed by atoms with Gasteiger partial charge in [0.05, 0.1) is 26.1 Å². The largest absolute Gasteiger partial charge is 0.367 e. The first-order chi connectivity index (χ1) is 11.5. The van der Waals surface area contributed by atoms with Crippen LogP contribution in [0.25, 0.3) is 0 Å². The highest BCUT2D eigenvalue weighted by molar-refractivity contribution is 7.11. The normalized spacial score (nSPS) is 36.0. The number of methoxy groups -OCH3 is 1. The molecule has 2 aromatic heterocycles. The smallest absolute Gasteiger partial charge is 0.136 e. The van der Waals surface area contributed by atoms with Crippen LogP contribution < -0.4 is 0 Å². The van der Waals surface area contributed by atoms with Gasteiger partial charge in [-0.05, 0) is 35.2 Å². The maximum absolute atomic E-state index is 6.29. The molecular weight excluding hydrogens is 334 g/mol. The van der Waals surface area contributed by atoms with Crippen molar-refractivity contribution in [1.29, 1.82) is 0 Å². The standard InChI is InChI=1S/C20H26NOS2/c1-21(2)16-10-14(11-19(21)13-15(16)19)12-20(22-3,17-6-4-8-23-17)18-7-5-9-24-18/h4-9,14-16H,10-13H2,1-3H3/q+1/t14?,15?,16-,19?/m0/s1. The summed E-state index contributed by atoms with van der Waals surface area (Å²) < 4.78 is 7.58. The average molecular weight is 361 g/mol. The Bertz CT molecular complexity index is 702. The number of nitrogens with zero attached hydrogens (tertiary/aromatic N) is 1. The SMILES string of the molecule is COC(CC1C[C@H]2C3CC3(C1)[N+]2(C)C)(c1cccs1)c1cccs1. The van der Waals surface area contributed by atoms with Gasteiger partial charge >= 0.3 is 0 Å². The number of ether oxygens (including phenoxy) is 1. The molecule has 4 fully saturated rings. The fraction of sp³-hybridized carbons (Fsp3) is 0.600. The second-order valence-electron chi connectivity index (χ2n) is 8.52. The van der Waals surface area contributed by atoms with Gasteiger partial charge in [0.1, 0.15) is 11.1 Å². The van der Waals surface area contributed by atoms with Crippen molar-refractivity contribution in [3.63, 3.8) is 0 Å². The van der Waals surface area contributed by atoms with Crippen molar-refractivity contribution in [2.45, 2.75) is 42.9 Å². The lowest BCUT2D eigenvalue weighted by molar-refractivity contribution is -0.995. The van der Waals surface area contributed by atoms with E-state index < -0.39 is 0 Å². The topological polar surface area (TPSA) is 9.23 Å². The third-order valence-electron chi connectivity index (χ3n) is 7.52. The van der Waals surface area contributed by atoms with Gasteiger partial charge in [-0.3, -0.25) is 0 Å². The predicted molar refractivity (Wildman–Crippen MR) is 101 cm³/mol. The molecule has 4 heteroatoms. The van der Waals surface area contributed by atoms with Crippen LogP contribution in [0.4, 0.5) is 0 Å². The minimum absolute atomic E-state index is 0.241. The Balaban J connectivity index is 1.47.